The molecule has 0 aliphatic carbocycles. The summed E-state index contributed by atoms with van der Waals surface area (Å²) in [6.07, 6.45) is 2.52. The first kappa shape index (κ1) is 14.9. The van der Waals surface area contributed by atoms with Crippen LogP contribution >= 0.6 is 23.2 Å². The van der Waals surface area contributed by atoms with Crippen molar-refractivity contribution < 1.29 is 13.5 Å². The van der Waals surface area contributed by atoms with Crippen LogP contribution in [0.2, 0.25) is 10.0 Å². The number of anilines is 1. The van der Waals surface area contributed by atoms with E-state index in [1.807, 2.05) is 0 Å². The molecule has 1 aromatic carbocycles. The van der Waals surface area contributed by atoms with E-state index in [9.17, 15) is 13.5 Å². The summed E-state index contributed by atoms with van der Waals surface area (Å²) in [4.78, 5) is 3.66. The lowest BCUT2D eigenvalue weighted by molar-refractivity contribution is 0.475. The molecule has 20 heavy (non-hydrogen) atoms. The summed E-state index contributed by atoms with van der Waals surface area (Å²) in [5.74, 6) is -0.560. The molecule has 2 rings (SSSR count). The van der Waals surface area contributed by atoms with Gasteiger partial charge in [0.15, 0.2) is 5.75 Å². The van der Waals surface area contributed by atoms with Crippen molar-refractivity contribution in [2.45, 2.75) is 5.75 Å². The Bertz CT molecular complexity index is 715. The summed E-state index contributed by atoms with van der Waals surface area (Å²) in [6.45, 7) is 0. The molecule has 0 saturated carbocycles. The maximum atomic E-state index is 12.0. The lowest BCUT2D eigenvalue weighted by atomic mass is 10.2. The molecule has 0 saturated heterocycles. The van der Waals surface area contributed by atoms with Gasteiger partial charge in [-0.2, -0.15) is 0 Å². The summed E-state index contributed by atoms with van der Waals surface area (Å²) in [6, 6.07) is 5.90. The second-order valence-corrected chi connectivity index (χ2v) is 6.63. The van der Waals surface area contributed by atoms with Crippen LogP contribution in [-0.4, -0.2) is 18.5 Å². The molecule has 0 amide bonds. The van der Waals surface area contributed by atoms with Crippen LogP contribution in [0.1, 0.15) is 5.56 Å². The molecule has 0 fully saturated rings. The molecule has 0 atom stereocenters. The topological polar surface area (TPSA) is 79.3 Å². The Labute approximate surface area is 126 Å². The third-order valence-electron chi connectivity index (χ3n) is 2.34. The number of aromatic hydroxyl groups is 1. The van der Waals surface area contributed by atoms with E-state index in [1.54, 1.807) is 0 Å². The minimum absolute atomic E-state index is 0.0631. The van der Waals surface area contributed by atoms with Crippen LogP contribution in [0.5, 0.6) is 5.75 Å². The average molecular weight is 333 g/mol. The zero-order valence-electron chi connectivity index (χ0n) is 10.0. The van der Waals surface area contributed by atoms with Gasteiger partial charge in [-0.1, -0.05) is 23.2 Å². The Morgan fingerprint density at radius 2 is 1.85 bits per heavy atom. The van der Waals surface area contributed by atoms with Crippen LogP contribution in [0.25, 0.3) is 0 Å². The van der Waals surface area contributed by atoms with Gasteiger partial charge in [-0.05, 0) is 29.8 Å². The largest absolute Gasteiger partial charge is 0.504 e. The van der Waals surface area contributed by atoms with Crippen molar-refractivity contribution >= 4 is 38.9 Å². The minimum Gasteiger partial charge on any atom is -0.504 e. The number of rotatable bonds is 4. The molecule has 0 aliphatic rings. The van der Waals surface area contributed by atoms with E-state index in [0.717, 1.165) is 6.20 Å². The van der Waals surface area contributed by atoms with Crippen molar-refractivity contribution in [1.29, 1.82) is 0 Å². The van der Waals surface area contributed by atoms with Gasteiger partial charge < -0.3 is 5.11 Å². The summed E-state index contributed by atoms with van der Waals surface area (Å²) in [5.41, 5.74) is 0.511. The van der Waals surface area contributed by atoms with E-state index in [1.165, 1.54) is 30.5 Å². The highest BCUT2D eigenvalue weighted by Crippen LogP contribution is 2.24. The number of aromatic nitrogens is 1. The fourth-order valence-corrected chi connectivity index (χ4v) is 3.35. The molecule has 0 radical (unpaired) electrons. The lowest BCUT2D eigenvalue weighted by Crippen LogP contribution is -2.15. The van der Waals surface area contributed by atoms with Crippen LogP contribution in [0.3, 0.4) is 0 Å². The van der Waals surface area contributed by atoms with E-state index in [-0.39, 0.29) is 17.2 Å². The summed E-state index contributed by atoms with van der Waals surface area (Å²) in [5, 5.41) is 10.2. The lowest BCUT2D eigenvalue weighted by Gasteiger charge is -2.09. The maximum absolute atomic E-state index is 12.0. The van der Waals surface area contributed by atoms with Crippen molar-refractivity contribution in [2.75, 3.05) is 4.72 Å². The number of nitrogens with one attached hydrogen (secondary N) is 1. The SMILES string of the molecule is O=S(=O)(Cc1cc(Cl)cc(Cl)c1)Nc1ccncc1O. The zero-order chi connectivity index (χ0) is 14.8. The predicted molar refractivity (Wildman–Crippen MR) is 78.6 cm³/mol. The monoisotopic (exact) mass is 332 g/mol. The van der Waals surface area contributed by atoms with Crippen LogP contribution in [0.15, 0.2) is 36.7 Å². The Kier molecular flexibility index (Phi) is 4.37. The van der Waals surface area contributed by atoms with Crippen LogP contribution in [0, 0.1) is 0 Å². The molecule has 0 aliphatic heterocycles. The molecule has 0 bridgehead atoms. The van der Waals surface area contributed by atoms with Gasteiger partial charge in [0, 0.05) is 16.2 Å². The number of halogens is 2. The summed E-state index contributed by atoms with van der Waals surface area (Å²) >= 11 is 11.6. The van der Waals surface area contributed by atoms with Gasteiger partial charge >= 0.3 is 0 Å². The van der Waals surface area contributed by atoms with Crippen molar-refractivity contribution in [3.05, 3.63) is 52.3 Å². The Morgan fingerprint density at radius 3 is 2.45 bits per heavy atom. The smallest absolute Gasteiger partial charge is 0.237 e. The number of benzene rings is 1. The standard InChI is InChI=1S/C12H10Cl2N2O3S/c13-9-3-8(4-10(14)5-9)7-20(18,19)16-11-1-2-15-6-12(11)17/h1-6,17H,7H2,(H,15,16). The average Bonchev–Trinajstić information content (AvgIpc) is 2.29. The normalized spacial score (nSPS) is 11.3. The molecule has 5 nitrogen and oxygen atoms in total. The first-order valence-electron chi connectivity index (χ1n) is 5.44. The third-order valence-corrected chi connectivity index (χ3v) is 4.03. The third kappa shape index (κ3) is 4.00. The van der Waals surface area contributed by atoms with Gasteiger partial charge in [0.2, 0.25) is 10.0 Å². The Morgan fingerprint density at radius 1 is 1.20 bits per heavy atom. The Balaban J connectivity index is 2.21. The van der Waals surface area contributed by atoms with E-state index in [0.29, 0.717) is 15.6 Å². The number of pyridine rings is 1. The second kappa shape index (κ2) is 5.87. The number of sulfonamides is 1. The van der Waals surface area contributed by atoms with Gasteiger partial charge in [-0.25, -0.2) is 8.42 Å². The van der Waals surface area contributed by atoms with Crippen LogP contribution < -0.4 is 4.72 Å². The highest BCUT2D eigenvalue weighted by atomic mass is 35.5. The van der Waals surface area contributed by atoms with E-state index in [2.05, 4.69) is 9.71 Å². The molecular weight excluding hydrogens is 323 g/mol. The number of nitrogens with zero attached hydrogens (tertiary/aromatic N) is 1. The zero-order valence-corrected chi connectivity index (χ0v) is 12.4. The van der Waals surface area contributed by atoms with E-state index >= 15 is 0 Å². The van der Waals surface area contributed by atoms with Crippen LogP contribution in [0.4, 0.5) is 5.69 Å². The van der Waals surface area contributed by atoms with Gasteiger partial charge in [-0.3, -0.25) is 9.71 Å². The highest BCUT2D eigenvalue weighted by Gasteiger charge is 2.14. The molecule has 2 N–H and O–H groups in total. The highest BCUT2D eigenvalue weighted by molar-refractivity contribution is 7.91. The van der Waals surface area contributed by atoms with Crippen molar-refractivity contribution in [3.63, 3.8) is 0 Å². The summed E-state index contributed by atoms with van der Waals surface area (Å²) in [7, 11) is -3.70. The number of hydrogen-bond donors (Lipinski definition) is 2. The predicted octanol–water partition coefficient (Wildman–Crippen LogP) is 3.04. The minimum atomic E-state index is -3.70. The molecule has 1 aromatic heterocycles. The van der Waals surface area contributed by atoms with Gasteiger partial charge in [-0.15, -0.1) is 0 Å². The molecule has 1 heterocycles. The molecular formula is C12H10Cl2N2O3S. The van der Waals surface area contributed by atoms with Crippen molar-refractivity contribution in [3.8, 4) is 5.75 Å². The second-order valence-electron chi connectivity index (χ2n) is 4.03. The fraction of sp³-hybridized carbons (Fsp3) is 0.0833. The van der Waals surface area contributed by atoms with Gasteiger partial charge in [0.05, 0.1) is 17.6 Å². The quantitative estimate of drug-likeness (QED) is 0.901. The van der Waals surface area contributed by atoms with Crippen molar-refractivity contribution in [1.82, 2.24) is 4.98 Å². The molecule has 8 heteroatoms. The Hall–Kier alpha value is -1.50. The maximum Gasteiger partial charge on any atom is 0.237 e. The molecule has 2 aromatic rings. The van der Waals surface area contributed by atoms with E-state index < -0.39 is 10.0 Å². The number of hydrogen-bond acceptors (Lipinski definition) is 4. The molecule has 0 spiro atoms. The van der Waals surface area contributed by atoms with Gasteiger partial charge in [0.1, 0.15) is 0 Å². The van der Waals surface area contributed by atoms with Crippen molar-refractivity contribution in [2.24, 2.45) is 0 Å². The van der Waals surface area contributed by atoms with E-state index in [4.69, 9.17) is 23.2 Å². The van der Waals surface area contributed by atoms with Gasteiger partial charge in [0.25, 0.3) is 0 Å². The summed E-state index contributed by atoms with van der Waals surface area (Å²) < 4.78 is 26.3. The van der Waals surface area contributed by atoms with Crippen LogP contribution in [-0.2, 0) is 15.8 Å². The first-order chi connectivity index (χ1) is 9.35. The molecule has 0 unspecified atom stereocenters. The first-order valence-corrected chi connectivity index (χ1v) is 7.85. The molecule has 106 valence electrons. The fourth-order valence-electron chi connectivity index (χ4n) is 1.59.